The molecule has 2 aromatic heterocycles. The molecule has 1 aliphatic rings. The molecule has 31 heavy (non-hydrogen) atoms. The number of ether oxygens (including phenoxy) is 1. The topological polar surface area (TPSA) is 60.2 Å². The number of aryl methyl sites for hydroxylation is 1. The first-order valence-corrected chi connectivity index (χ1v) is 10.2. The number of pyridine rings is 1. The molecule has 1 saturated heterocycles. The van der Waals surface area contributed by atoms with Gasteiger partial charge < -0.3 is 9.64 Å². The minimum absolute atomic E-state index is 0.0372. The monoisotopic (exact) mass is 426 g/mol. The van der Waals surface area contributed by atoms with Crippen LogP contribution in [0.5, 0.6) is 5.75 Å². The van der Waals surface area contributed by atoms with Crippen molar-refractivity contribution in [2.24, 2.45) is 0 Å². The van der Waals surface area contributed by atoms with Crippen molar-refractivity contribution in [3.63, 3.8) is 0 Å². The fraction of sp³-hybridized carbons (Fsp3) is 0.348. The predicted octanol–water partition coefficient (Wildman–Crippen LogP) is 4.68. The standard InChI is InChI=1S/C23H24F2N4O2/c1-15-11-18(16-5-3-7-19(12-16)31-2)13-21(26-15)17-6-4-9-28(14-17)22(30)20-8-10-29(27-20)23(24)25/h3,5,7-8,10-13,17,23H,4,6,9,14H2,1-2H3/t17-/m1/s1. The quantitative estimate of drug-likeness (QED) is 0.595. The Labute approximate surface area is 179 Å². The summed E-state index contributed by atoms with van der Waals surface area (Å²) in [5, 5.41) is 3.71. The SMILES string of the molecule is COc1cccc(-c2cc(C)nc([C@@H]3CCCN(C(=O)c4ccn(C(F)F)n4)C3)c2)c1. The van der Waals surface area contributed by atoms with E-state index in [-0.39, 0.29) is 17.5 Å². The first kappa shape index (κ1) is 21.0. The third-order valence-corrected chi connectivity index (χ3v) is 5.53. The van der Waals surface area contributed by atoms with E-state index in [2.05, 4.69) is 11.2 Å². The number of amides is 1. The van der Waals surface area contributed by atoms with Crippen molar-refractivity contribution in [1.82, 2.24) is 19.7 Å². The Kier molecular flexibility index (Phi) is 5.97. The van der Waals surface area contributed by atoms with E-state index in [1.807, 2.05) is 37.3 Å². The summed E-state index contributed by atoms with van der Waals surface area (Å²) in [6, 6.07) is 13.3. The molecule has 8 heteroatoms. The zero-order valence-corrected chi connectivity index (χ0v) is 17.5. The van der Waals surface area contributed by atoms with Crippen molar-refractivity contribution < 1.29 is 18.3 Å². The second-order valence-electron chi connectivity index (χ2n) is 7.70. The van der Waals surface area contributed by atoms with E-state index < -0.39 is 6.55 Å². The number of likely N-dealkylation sites (tertiary alicyclic amines) is 1. The number of hydrogen-bond donors (Lipinski definition) is 0. The van der Waals surface area contributed by atoms with Gasteiger partial charge in [0.05, 0.1) is 7.11 Å². The van der Waals surface area contributed by atoms with Crippen LogP contribution >= 0.6 is 0 Å². The van der Waals surface area contributed by atoms with E-state index in [1.54, 1.807) is 12.0 Å². The van der Waals surface area contributed by atoms with Crippen LogP contribution in [0.15, 0.2) is 48.7 Å². The molecule has 0 N–H and O–H groups in total. The lowest BCUT2D eigenvalue weighted by atomic mass is 9.92. The van der Waals surface area contributed by atoms with Crippen LogP contribution in [0.25, 0.3) is 11.1 Å². The Morgan fingerprint density at radius 3 is 2.77 bits per heavy atom. The van der Waals surface area contributed by atoms with E-state index in [9.17, 15) is 13.6 Å². The van der Waals surface area contributed by atoms with Crippen molar-refractivity contribution in [2.45, 2.75) is 32.2 Å². The van der Waals surface area contributed by atoms with Crippen molar-refractivity contribution in [3.05, 3.63) is 65.7 Å². The van der Waals surface area contributed by atoms with Crippen LogP contribution < -0.4 is 4.74 Å². The number of carbonyl (C=O) groups is 1. The van der Waals surface area contributed by atoms with Crippen molar-refractivity contribution in [1.29, 1.82) is 0 Å². The molecular weight excluding hydrogens is 402 g/mol. The molecule has 0 spiro atoms. The summed E-state index contributed by atoms with van der Waals surface area (Å²) >= 11 is 0. The maximum Gasteiger partial charge on any atom is 0.333 e. The van der Waals surface area contributed by atoms with Gasteiger partial charge in [0.1, 0.15) is 5.75 Å². The number of hydrogen-bond acceptors (Lipinski definition) is 4. The van der Waals surface area contributed by atoms with Crippen LogP contribution in [0.1, 0.15) is 47.2 Å². The van der Waals surface area contributed by atoms with E-state index in [0.29, 0.717) is 17.8 Å². The molecule has 0 aliphatic carbocycles. The Balaban J connectivity index is 1.56. The van der Waals surface area contributed by atoms with Gasteiger partial charge >= 0.3 is 6.55 Å². The number of rotatable bonds is 5. The number of halogens is 2. The molecule has 1 fully saturated rings. The molecule has 1 aromatic carbocycles. The average molecular weight is 426 g/mol. The van der Waals surface area contributed by atoms with E-state index in [0.717, 1.165) is 47.3 Å². The fourth-order valence-corrected chi connectivity index (χ4v) is 4.00. The lowest BCUT2D eigenvalue weighted by Gasteiger charge is -2.32. The Bertz CT molecular complexity index is 1080. The summed E-state index contributed by atoms with van der Waals surface area (Å²) in [6.07, 6.45) is 2.85. The summed E-state index contributed by atoms with van der Waals surface area (Å²) in [5.74, 6) is 0.523. The van der Waals surface area contributed by atoms with Gasteiger partial charge in [0.15, 0.2) is 5.69 Å². The second kappa shape index (κ2) is 8.83. The normalized spacial score (nSPS) is 16.5. The molecule has 0 radical (unpaired) electrons. The molecule has 0 saturated carbocycles. The number of methoxy groups -OCH3 is 1. The predicted molar refractivity (Wildman–Crippen MR) is 112 cm³/mol. The van der Waals surface area contributed by atoms with Crippen LogP contribution in [0.4, 0.5) is 8.78 Å². The number of aromatic nitrogens is 3. The minimum atomic E-state index is -2.76. The van der Waals surface area contributed by atoms with Gasteiger partial charge in [-0.2, -0.15) is 13.9 Å². The van der Waals surface area contributed by atoms with Crippen molar-refractivity contribution in [2.75, 3.05) is 20.2 Å². The summed E-state index contributed by atoms with van der Waals surface area (Å²) in [5.41, 5.74) is 3.94. The van der Waals surface area contributed by atoms with Crippen LogP contribution in [0, 0.1) is 6.92 Å². The molecule has 3 heterocycles. The highest BCUT2D eigenvalue weighted by atomic mass is 19.3. The second-order valence-corrected chi connectivity index (χ2v) is 7.70. The Morgan fingerprint density at radius 2 is 2.03 bits per heavy atom. The molecule has 6 nitrogen and oxygen atoms in total. The van der Waals surface area contributed by atoms with Crippen molar-refractivity contribution in [3.8, 4) is 16.9 Å². The number of piperidine rings is 1. The zero-order valence-electron chi connectivity index (χ0n) is 17.5. The van der Waals surface area contributed by atoms with Gasteiger partial charge in [0, 0.05) is 36.6 Å². The van der Waals surface area contributed by atoms with Crippen molar-refractivity contribution >= 4 is 5.91 Å². The maximum atomic E-state index is 12.8. The molecule has 1 atom stereocenters. The van der Waals surface area contributed by atoms with Gasteiger partial charge in [-0.1, -0.05) is 12.1 Å². The highest BCUT2D eigenvalue weighted by Gasteiger charge is 2.28. The van der Waals surface area contributed by atoms with Gasteiger partial charge in [-0.15, -0.1) is 0 Å². The van der Waals surface area contributed by atoms with Gasteiger partial charge in [0.25, 0.3) is 5.91 Å². The fourth-order valence-electron chi connectivity index (χ4n) is 4.00. The summed E-state index contributed by atoms with van der Waals surface area (Å²) in [7, 11) is 1.64. The minimum Gasteiger partial charge on any atom is -0.497 e. The first-order valence-electron chi connectivity index (χ1n) is 10.2. The van der Waals surface area contributed by atoms with E-state index in [1.165, 1.54) is 6.07 Å². The number of carbonyl (C=O) groups excluding carboxylic acids is 1. The van der Waals surface area contributed by atoms with E-state index in [4.69, 9.17) is 9.72 Å². The molecular formula is C23H24F2N4O2. The summed E-state index contributed by atoms with van der Waals surface area (Å²) < 4.78 is 31.4. The molecule has 1 amide bonds. The maximum absolute atomic E-state index is 12.8. The number of benzene rings is 1. The van der Waals surface area contributed by atoms with E-state index >= 15 is 0 Å². The third-order valence-electron chi connectivity index (χ3n) is 5.53. The smallest absolute Gasteiger partial charge is 0.333 e. The average Bonchev–Trinajstić information content (AvgIpc) is 3.29. The number of nitrogens with zero attached hydrogens (tertiary/aromatic N) is 4. The van der Waals surface area contributed by atoms with Crippen LogP contribution in [-0.2, 0) is 0 Å². The first-order chi connectivity index (χ1) is 14.9. The van der Waals surface area contributed by atoms with Gasteiger partial charge in [-0.3, -0.25) is 9.78 Å². The van der Waals surface area contributed by atoms with Gasteiger partial charge in [-0.25, -0.2) is 4.68 Å². The number of alkyl halides is 2. The molecule has 0 bridgehead atoms. The molecule has 162 valence electrons. The molecule has 0 unspecified atom stereocenters. The Hall–Kier alpha value is -3.29. The molecule has 1 aliphatic heterocycles. The Morgan fingerprint density at radius 1 is 1.19 bits per heavy atom. The lowest BCUT2D eigenvalue weighted by Crippen LogP contribution is -2.39. The van der Waals surface area contributed by atoms with Crippen LogP contribution in [0.2, 0.25) is 0 Å². The zero-order chi connectivity index (χ0) is 22.0. The van der Waals surface area contributed by atoms with Crippen LogP contribution in [0.3, 0.4) is 0 Å². The third kappa shape index (κ3) is 4.57. The van der Waals surface area contributed by atoms with Crippen LogP contribution in [-0.4, -0.2) is 45.8 Å². The highest BCUT2D eigenvalue weighted by Crippen LogP contribution is 2.31. The van der Waals surface area contributed by atoms with Gasteiger partial charge in [0.2, 0.25) is 0 Å². The van der Waals surface area contributed by atoms with Gasteiger partial charge in [-0.05, 0) is 61.2 Å². The summed E-state index contributed by atoms with van der Waals surface area (Å²) in [6.45, 7) is 0.248. The molecule has 3 aromatic rings. The lowest BCUT2D eigenvalue weighted by molar-refractivity contribution is 0.0546. The molecule has 4 rings (SSSR count). The highest BCUT2D eigenvalue weighted by molar-refractivity contribution is 5.92. The summed E-state index contributed by atoms with van der Waals surface area (Å²) in [4.78, 5) is 19.2. The largest absolute Gasteiger partial charge is 0.497 e.